The van der Waals surface area contributed by atoms with E-state index in [1.807, 2.05) is 55.4 Å². The number of aliphatic hydroxyl groups excluding tert-OH is 1. The van der Waals surface area contributed by atoms with E-state index in [1.54, 1.807) is 60.6 Å². The third-order valence-corrected chi connectivity index (χ3v) is 18.1. The smallest absolute Gasteiger partial charge is 0.410 e. The van der Waals surface area contributed by atoms with Crippen LogP contribution < -0.4 is 21.3 Å². The molecule has 26 nitrogen and oxygen atoms in total. The first-order chi connectivity index (χ1) is 43.2. The van der Waals surface area contributed by atoms with Gasteiger partial charge in [0.25, 0.3) is 0 Å². The zero-order valence-corrected chi connectivity index (χ0v) is 60.1. The van der Waals surface area contributed by atoms with Gasteiger partial charge in [0.1, 0.15) is 72.6 Å². The SMILES string of the molecule is C/C=C/C[C@@H](C)[C@@H](O)[C@H]1C(=O)N[C@@H](CC)C(=O)N2CC(OC(=O)N3CC3)C[C@@H]2C(=O)N(C)[C@@H](CC(C)C)C(=O)N[C@@H](C(C)C)C(=O)N(C)[C@@H](CC(C)C)C(=O)N[C@@H](C)C(=O)N[C@H](C)C(=O)N(C)[C@@H](CC(C)C)C(=O)N(C)[C@@H](CC(C)C)C(=O)N(C)[C@@H](C(C)C)C(=O)N1C. The Hall–Kier alpha value is -6.86. The molecule has 5 N–H and O–H groups in total. The summed E-state index contributed by atoms with van der Waals surface area (Å²) in [5.74, 6) is -10.4. The highest BCUT2D eigenvalue weighted by Crippen LogP contribution is 2.29. The summed E-state index contributed by atoms with van der Waals surface area (Å²) in [6, 6.07) is -14.3. The van der Waals surface area contributed by atoms with Crippen LogP contribution in [0.5, 0.6) is 0 Å². The van der Waals surface area contributed by atoms with Crippen molar-refractivity contribution in [2.45, 2.75) is 241 Å². The Labute approximate surface area is 553 Å². The summed E-state index contributed by atoms with van der Waals surface area (Å²) < 4.78 is 5.86. The van der Waals surface area contributed by atoms with Crippen LogP contribution in [0, 0.1) is 41.4 Å². The van der Waals surface area contributed by atoms with Gasteiger partial charge in [-0.2, -0.15) is 0 Å². The molecule has 0 saturated carbocycles. The van der Waals surface area contributed by atoms with Crippen LogP contribution in [-0.4, -0.2) is 256 Å². The number of likely N-dealkylation sites (N-methyl/N-ethyl adjacent to an activating group) is 6. The van der Waals surface area contributed by atoms with Crippen LogP contribution in [0.3, 0.4) is 0 Å². The van der Waals surface area contributed by atoms with Crippen LogP contribution >= 0.6 is 0 Å². The zero-order valence-electron chi connectivity index (χ0n) is 60.1. The molecule has 3 saturated heterocycles. The Morgan fingerprint density at radius 1 is 0.516 bits per heavy atom. The fourth-order valence-corrected chi connectivity index (χ4v) is 12.2. The highest BCUT2D eigenvalue weighted by molar-refractivity contribution is 6.00. The van der Waals surface area contributed by atoms with Crippen molar-refractivity contribution in [2.24, 2.45) is 41.4 Å². The van der Waals surface area contributed by atoms with Crippen LogP contribution in [-0.2, 0) is 57.5 Å². The lowest BCUT2D eigenvalue weighted by atomic mass is 9.91. The van der Waals surface area contributed by atoms with E-state index in [0.717, 1.165) is 4.90 Å². The number of rotatable bonds is 16. The zero-order chi connectivity index (χ0) is 71.1. The second kappa shape index (κ2) is 35.6. The summed E-state index contributed by atoms with van der Waals surface area (Å²) in [6.45, 7) is 30.3. The lowest BCUT2D eigenvalue weighted by Crippen LogP contribution is -2.64. The molecule has 3 aliphatic heterocycles. The number of allylic oxidation sites excluding steroid dienone is 2. The van der Waals surface area contributed by atoms with E-state index in [2.05, 4.69) is 21.3 Å². The van der Waals surface area contributed by atoms with E-state index in [1.165, 1.54) is 90.4 Å². The Morgan fingerprint density at radius 3 is 1.42 bits per heavy atom. The topological polar surface area (TPSA) is 308 Å². The molecule has 0 aliphatic carbocycles. The van der Waals surface area contributed by atoms with Crippen molar-refractivity contribution >= 4 is 71.1 Å². The molecule has 0 spiro atoms. The number of nitrogens with one attached hydrogen (secondary N) is 4. The van der Waals surface area contributed by atoms with Gasteiger partial charge in [-0.05, 0) is 101 Å². The van der Waals surface area contributed by atoms with E-state index >= 15 is 28.8 Å². The highest BCUT2D eigenvalue weighted by atomic mass is 16.6. The van der Waals surface area contributed by atoms with Crippen LogP contribution in [0.25, 0.3) is 0 Å². The van der Waals surface area contributed by atoms with Gasteiger partial charge < -0.3 is 70.3 Å². The summed E-state index contributed by atoms with van der Waals surface area (Å²) in [6.07, 6.45) is 0.846. The molecular weight excluding hydrogens is 1200 g/mol. The van der Waals surface area contributed by atoms with Gasteiger partial charge in [-0.1, -0.05) is 109 Å². The average Bonchev–Trinajstić information content (AvgIpc) is 1.78. The van der Waals surface area contributed by atoms with E-state index in [0.29, 0.717) is 13.1 Å². The maximum absolute atomic E-state index is 15.4. The molecule has 0 aromatic rings. The first-order valence-corrected chi connectivity index (χ1v) is 33.5. The van der Waals surface area contributed by atoms with Gasteiger partial charge in [0.05, 0.1) is 12.6 Å². The lowest BCUT2D eigenvalue weighted by molar-refractivity contribution is -0.157. The Bertz CT molecular complexity index is 2660. The number of carbonyl (C=O) groups is 12. The van der Waals surface area contributed by atoms with Crippen molar-refractivity contribution < 1.29 is 67.4 Å². The normalized spacial score (nSPS) is 28.3. The summed E-state index contributed by atoms with van der Waals surface area (Å²) in [7, 11) is 8.48. The molecule has 0 bridgehead atoms. The molecular formula is C67H116N12O14. The number of hydrogen-bond acceptors (Lipinski definition) is 14. The molecule has 3 heterocycles. The van der Waals surface area contributed by atoms with Gasteiger partial charge in [-0.3, -0.25) is 52.7 Å². The van der Waals surface area contributed by atoms with Crippen LogP contribution in [0.1, 0.15) is 163 Å². The van der Waals surface area contributed by atoms with Gasteiger partial charge in [0.15, 0.2) is 0 Å². The Morgan fingerprint density at radius 2 is 0.957 bits per heavy atom. The van der Waals surface area contributed by atoms with E-state index in [4.69, 9.17) is 4.74 Å². The first-order valence-electron chi connectivity index (χ1n) is 33.5. The number of amides is 12. The molecule has 26 heteroatoms. The molecule has 528 valence electrons. The van der Waals surface area contributed by atoms with Gasteiger partial charge in [-0.25, -0.2) is 4.79 Å². The van der Waals surface area contributed by atoms with Crippen molar-refractivity contribution in [1.82, 2.24) is 60.5 Å². The standard InChI is InChI=1S/C67H116N12O14/c1-24-26-27-42(15)55(80)54-59(84)70-46(25-2)61(86)79-35-45(93-67(92)78-28-29-78)34-51(79)64(89)72(18)48(31-37(5)6)58(83)71-52(40(11)12)65(90)73(19)47(30-36(3)4)57(82)68-43(16)56(81)69-44(17)60(85)74(20)49(32-38(7)8)62(87)75(21)50(33-39(9)10)63(88)76(22)53(41(13)14)66(91)77(54)23/h24,26,36-55,80H,25,27-35H2,1-23H3,(H,68,82)(H,69,81)(H,70,84)(H,71,83)/b26-24+/t42-,43+,44-,45?,46+,47+,48+,49+,50+,51-,52+,53+,54+,55-/m1/s1. The van der Waals surface area contributed by atoms with Crippen LogP contribution in [0.4, 0.5) is 4.79 Å². The predicted octanol–water partition coefficient (Wildman–Crippen LogP) is 3.23. The molecule has 3 aliphatic rings. The fourth-order valence-electron chi connectivity index (χ4n) is 12.2. The predicted molar refractivity (Wildman–Crippen MR) is 353 cm³/mol. The molecule has 0 radical (unpaired) electrons. The van der Waals surface area contributed by atoms with Crippen molar-refractivity contribution in [3.63, 3.8) is 0 Å². The molecule has 12 amide bonds. The summed E-state index contributed by atoms with van der Waals surface area (Å²) in [4.78, 5) is 187. The van der Waals surface area contributed by atoms with Gasteiger partial charge in [0.2, 0.25) is 65.0 Å². The Kier molecular flexibility index (Phi) is 30.8. The van der Waals surface area contributed by atoms with Crippen molar-refractivity contribution in [3.05, 3.63) is 12.2 Å². The summed E-state index contributed by atoms with van der Waals surface area (Å²) >= 11 is 0. The minimum Gasteiger partial charge on any atom is -0.444 e. The van der Waals surface area contributed by atoms with Crippen molar-refractivity contribution in [3.8, 4) is 0 Å². The summed E-state index contributed by atoms with van der Waals surface area (Å²) in [5.41, 5.74) is 0. The number of hydrogen-bond donors (Lipinski definition) is 5. The quantitative estimate of drug-likeness (QED) is 0.110. The number of aliphatic hydroxyl groups is 1. The molecule has 93 heavy (non-hydrogen) atoms. The first kappa shape index (κ1) is 80.4. The van der Waals surface area contributed by atoms with Gasteiger partial charge in [0, 0.05) is 61.8 Å². The van der Waals surface area contributed by atoms with Crippen molar-refractivity contribution in [1.29, 1.82) is 0 Å². The minimum absolute atomic E-state index is 0.0633. The van der Waals surface area contributed by atoms with Crippen LogP contribution in [0.15, 0.2) is 12.2 Å². The minimum atomic E-state index is -1.68. The maximum atomic E-state index is 15.4. The van der Waals surface area contributed by atoms with Gasteiger partial charge in [-0.15, -0.1) is 0 Å². The molecule has 0 aromatic heterocycles. The molecule has 0 aromatic carbocycles. The number of fused-ring (bicyclic) bond motifs is 1. The Balaban J connectivity index is 2.39. The molecule has 3 rings (SSSR count). The van der Waals surface area contributed by atoms with E-state index in [-0.39, 0.29) is 75.2 Å². The number of nitrogens with zero attached hydrogens (tertiary/aromatic N) is 8. The van der Waals surface area contributed by atoms with Crippen molar-refractivity contribution in [2.75, 3.05) is 61.9 Å². The largest absolute Gasteiger partial charge is 0.444 e. The van der Waals surface area contributed by atoms with E-state index in [9.17, 15) is 33.9 Å². The summed E-state index contributed by atoms with van der Waals surface area (Å²) in [5, 5.41) is 23.4. The highest BCUT2D eigenvalue weighted by Gasteiger charge is 2.49. The molecule has 1 unspecified atom stereocenters. The third kappa shape index (κ3) is 21.3. The van der Waals surface area contributed by atoms with Crippen LogP contribution in [0.2, 0.25) is 0 Å². The second-order valence-electron chi connectivity index (χ2n) is 28.6. The van der Waals surface area contributed by atoms with Gasteiger partial charge >= 0.3 is 6.09 Å². The fraction of sp³-hybridized carbons (Fsp3) is 0.791. The monoisotopic (exact) mass is 1310 g/mol. The molecule has 3 fully saturated rings. The molecule has 14 atom stereocenters. The average molecular weight is 1310 g/mol. The number of carbonyl (C=O) groups excluding carboxylic acids is 12. The van der Waals surface area contributed by atoms with E-state index < -0.39 is 167 Å². The number of ether oxygens (including phenoxy) is 1. The lowest BCUT2D eigenvalue weighted by Gasteiger charge is -2.41. The maximum Gasteiger partial charge on any atom is 0.410 e. The third-order valence-electron chi connectivity index (χ3n) is 18.1. The second-order valence-corrected chi connectivity index (χ2v) is 28.6.